The van der Waals surface area contributed by atoms with Crippen LogP contribution in [0.2, 0.25) is 0 Å². The van der Waals surface area contributed by atoms with Crippen molar-refractivity contribution in [2.24, 2.45) is 0 Å². The Morgan fingerprint density at radius 3 is 2.44 bits per heavy atom. The van der Waals surface area contributed by atoms with Crippen LogP contribution in [-0.2, 0) is 9.84 Å². The zero-order valence-electron chi connectivity index (χ0n) is 8.82. The van der Waals surface area contributed by atoms with Crippen molar-refractivity contribution in [1.82, 2.24) is 0 Å². The summed E-state index contributed by atoms with van der Waals surface area (Å²) in [6.07, 6.45) is 1.21. The molecule has 1 heterocycles. The third kappa shape index (κ3) is 2.35. The maximum atomic E-state index is 13.0. The highest BCUT2D eigenvalue weighted by Gasteiger charge is 2.24. The molecule has 0 saturated carbocycles. The van der Waals surface area contributed by atoms with E-state index in [4.69, 9.17) is 5.73 Å². The van der Waals surface area contributed by atoms with Gasteiger partial charge >= 0.3 is 0 Å². The topological polar surface area (TPSA) is 60.2 Å². The highest BCUT2D eigenvalue weighted by molar-refractivity contribution is 7.91. The first-order valence-electron chi connectivity index (χ1n) is 5.23. The Bertz CT molecular complexity index is 485. The van der Waals surface area contributed by atoms with Gasteiger partial charge in [-0.2, -0.15) is 0 Å². The Hall–Kier alpha value is -1.10. The van der Waals surface area contributed by atoms with E-state index >= 15 is 0 Å². The van der Waals surface area contributed by atoms with Crippen molar-refractivity contribution in [3.05, 3.63) is 29.6 Å². The Labute approximate surface area is 94.4 Å². The number of benzene rings is 1. The first-order valence-corrected chi connectivity index (χ1v) is 7.05. The van der Waals surface area contributed by atoms with Crippen LogP contribution in [0.25, 0.3) is 0 Å². The van der Waals surface area contributed by atoms with E-state index in [-0.39, 0.29) is 23.1 Å². The Kier molecular flexibility index (Phi) is 2.88. The molecule has 5 heteroatoms. The molecule has 0 amide bonds. The van der Waals surface area contributed by atoms with Gasteiger partial charge in [-0.3, -0.25) is 0 Å². The molecule has 0 aromatic heterocycles. The summed E-state index contributed by atoms with van der Waals surface area (Å²) in [4.78, 5) is 0. The van der Waals surface area contributed by atoms with Crippen molar-refractivity contribution in [3.63, 3.8) is 0 Å². The second kappa shape index (κ2) is 4.05. The number of halogens is 1. The number of hydrogen-bond acceptors (Lipinski definition) is 3. The number of anilines is 1. The van der Waals surface area contributed by atoms with Gasteiger partial charge in [0.15, 0.2) is 0 Å². The van der Waals surface area contributed by atoms with Crippen LogP contribution in [0.4, 0.5) is 10.1 Å². The van der Waals surface area contributed by atoms with Crippen LogP contribution in [-0.4, -0.2) is 19.9 Å². The minimum absolute atomic E-state index is 0.130. The van der Waals surface area contributed by atoms with Crippen molar-refractivity contribution >= 4 is 15.5 Å². The zero-order chi connectivity index (χ0) is 11.8. The maximum Gasteiger partial charge on any atom is 0.150 e. The van der Waals surface area contributed by atoms with Crippen LogP contribution in [0.3, 0.4) is 0 Å². The summed E-state index contributed by atoms with van der Waals surface area (Å²) < 4.78 is 35.5. The highest BCUT2D eigenvalue weighted by atomic mass is 32.2. The fourth-order valence-electron chi connectivity index (χ4n) is 2.04. The monoisotopic (exact) mass is 243 g/mol. The minimum Gasteiger partial charge on any atom is -0.396 e. The molecule has 0 unspecified atom stereocenters. The third-order valence-corrected chi connectivity index (χ3v) is 4.76. The van der Waals surface area contributed by atoms with E-state index in [1.165, 1.54) is 6.07 Å². The average Bonchev–Trinajstić information content (AvgIpc) is 2.22. The molecule has 1 aliphatic heterocycles. The van der Waals surface area contributed by atoms with E-state index in [0.717, 1.165) is 5.56 Å². The maximum absolute atomic E-state index is 13.0. The van der Waals surface area contributed by atoms with Crippen molar-refractivity contribution in [1.29, 1.82) is 0 Å². The molecule has 16 heavy (non-hydrogen) atoms. The third-order valence-electron chi connectivity index (χ3n) is 3.05. The number of sulfone groups is 1. The average molecular weight is 243 g/mol. The summed E-state index contributed by atoms with van der Waals surface area (Å²) in [5, 5.41) is 0. The second-order valence-corrected chi connectivity index (χ2v) is 6.51. The van der Waals surface area contributed by atoms with Gasteiger partial charge in [0.2, 0.25) is 0 Å². The lowest BCUT2D eigenvalue weighted by atomic mass is 9.93. The molecule has 0 radical (unpaired) electrons. The van der Waals surface area contributed by atoms with Crippen LogP contribution in [0.5, 0.6) is 0 Å². The summed E-state index contributed by atoms with van der Waals surface area (Å²) in [5.41, 5.74) is 6.56. The molecule has 2 N–H and O–H groups in total. The van der Waals surface area contributed by atoms with Crippen molar-refractivity contribution < 1.29 is 12.8 Å². The molecule has 88 valence electrons. The van der Waals surface area contributed by atoms with Crippen molar-refractivity contribution in [2.45, 2.75) is 18.8 Å². The lowest BCUT2D eigenvalue weighted by Crippen LogP contribution is -2.22. The molecule has 0 bridgehead atoms. The molecule has 1 fully saturated rings. The molecular formula is C11H14FNO2S. The van der Waals surface area contributed by atoms with E-state index in [9.17, 15) is 12.8 Å². The number of nitrogens with two attached hydrogens (primary N) is 1. The van der Waals surface area contributed by atoms with Crippen LogP contribution in [0.1, 0.15) is 24.3 Å². The van der Waals surface area contributed by atoms with Gasteiger partial charge in [0.25, 0.3) is 0 Å². The smallest absolute Gasteiger partial charge is 0.150 e. The first kappa shape index (κ1) is 11.4. The summed E-state index contributed by atoms with van der Waals surface area (Å²) in [5.74, 6) is 0.197. The van der Waals surface area contributed by atoms with E-state index < -0.39 is 15.7 Å². The van der Waals surface area contributed by atoms with Crippen LogP contribution >= 0.6 is 0 Å². The number of hydrogen-bond donors (Lipinski definition) is 1. The summed E-state index contributed by atoms with van der Waals surface area (Å²) in [7, 11) is -2.85. The fourth-order valence-corrected chi connectivity index (χ4v) is 3.53. The first-order chi connectivity index (χ1) is 7.48. The summed E-state index contributed by atoms with van der Waals surface area (Å²) in [6.45, 7) is 0. The van der Waals surface area contributed by atoms with Gasteiger partial charge in [0.1, 0.15) is 15.7 Å². The van der Waals surface area contributed by atoms with E-state index in [2.05, 4.69) is 0 Å². The Balaban J connectivity index is 2.17. The molecule has 0 aliphatic carbocycles. The van der Waals surface area contributed by atoms with Crippen LogP contribution < -0.4 is 5.73 Å². The molecular weight excluding hydrogens is 229 g/mol. The van der Waals surface area contributed by atoms with Gasteiger partial charge in [-0.05, 0) is 36.5 Å². The van der Waals surface area contributed by atoms with Gasteiger partial charge < -0.3 is 5.73 Å². The minimum atomic E-state index is -2.85. The standard InChI is InChI=1S/C11H14FNO2S/c12-10-2-1-9(7-11(10)13)8-3-5-16(14,15)6-4-8/h1-2,7-8H,3-6,13H2. The second-order valence-electron chi connectivity index (χ2n) is 4.21. The molecule has 2 rings (SSSR count). The van der Waals surface area contributed by atoms with Gasteiger partial charge in [-0.25, -0.2) is 12.8 Å². The van der Waals surface area contributed by atoms with Gasteiger partial charge in [0, 0.05) is 0 Å². The van der Waals surface area contributed by atoms with E-state index in [1.54, 1.807) is 12.1 Å². The van der Waals surface area contributed by atoms with E-state index in [1.807, 2.05) is 0 Å². The summed E-state index contributed by atoms with van der Waals surface area (Å²) in [6, 6.07) is 4.64. The summed E-state index contributed by atoms with van der Waals surface area (Å²) >= 11 is 0. The molecule has 0 spiro atoms. The zero-order valence-corrected chi connectivity index (χ0v) is 9.63. The Morgan fingerprint density at radius 1 is 1.25 bits per heavy atom. The normalized spacial score (nSPS) is 20.8. The molecule has 0 atom stereocenters. The Morgan fingerprint density at radius 2 is 1.88 bits per heavy atom. The SMILES string of the molecule is Nc1cc(C2CCS(=O)(=O)CC2)ccc1F. The highest BCUT2D eigenvalue weighted by Crippen LogP contribution is 2.30. The molecule has 3 nitrogen and oxygen atoms in total. The predicted molar refractivity (Wildman–Crippen MR) is 61.4 cm³/mol. The van der Waals surface area contributed by atoms with Crippen LogP contribution in [0, 0.1) is 5.82 Å². The molecule has 1 aromatic carbocycles. The largest absolute Gasteiger partial charge is 0.396 e. The van der Waals surface area contributed by atoms with Crippen molar-refractivity contribution in [2.75, 3.05) is 17.2 Å². The molecule has 1 aliphatic rings. The predicted octanol–water partition coefficient (Wildman–Crippen LogP) is 1.70. The fraction of sp³-hybridized carbons (Fsp3) is 0.455. The van der Waals surface area contributed by atoms with Gasteiger partial charge in [0.05, 0.1) is 17.2 Å². The van der Waals surface area contributed by atoms with Gasteiger partial charge in [-0.15, -0.1) is 0 Å². The number of nitrogen functional groups attached to an aromatic ring is 1. The van der Waals surface area contributed by atoms with E-state index in [0.29, 0.717) is 12.8 Å². The van der Waals surface area contributed by atoms with Crippen LogP contribution in [0.15, 0.2) is 18.2 Å². The lowest BCUT2D eigenvalue weighted by Gasteiger charge is -2.22. The quantitative estimate of drug-likeness (QED) is 0.764. The number of rotatable bonds is 1. The van der Waals surface area contributed by atoms with Crippen molar-refractivity contribution in [3.8, 4) is 0 Å². The van der Waals surface area contributed by atoms with Gasteiger partial charge in [-0.1, -0.05) is 6.07 Å². The lowest BCUT2D eigenvalue weighted by molar-refractivity contribution is 0.549. The molecule has 1 aromatic rings. The molecule has 1 saturated heterocycles.